The van der Waals surface area contributed by atoms with E-state index in [1.807, 2.05) is 0 Å². The zero-order chi connectivity index (χ0) is 19.0. The summed E-state index contributed by atoms with van der Waals surface area (Å²) in [5.41, 5.74) is 11.1. The van der Waals surface area contributed by atoms with Crippen molar-refractivity contribution in [2.45, 2.75) is 26.3 Å². The third kappa shape index (κ3) is 6.15. The van der Waals surface area contributed by atoms with E-state index in [4.69, 9.17) is 25.7 Å². The number of ether oxygens (including phenoxy) is 3. The van der Waals surface area contributed by atoms with Crippen LogP contribution in [0.5, 0.6) is 17.2 Å². The zero-order valence-corrected chi connectivity index (χ0v) is 15.1. The summed E-state index contributed by atoms with van der Waals surface area (Å²) < 4.78 is 15.8. The Balaban J connectivity index is 3.07. The SMILES string of the molecule is COc1cc(C(=O)NC(CN)CC(C)C)cc(OC)c1OCC(N)=O. The number of benzene rings is 1. The molecule has 8 heteroatoms. The quantitative estimate of drug-likeness (QED) is 0.567. The summed E-state index contributed by atoms with van der Waals surface area (Å²) in [5.74, 6) is 0.206. The van der Waals surface area contributed by atoms with Gasteiger partial charge >= 0.3 is 0 Å². The molecule has 0 aliphatic heterocycles. The average Bonchev–Trinajstić information content (AvgIpc) is 2.57. The number of carbonyl (C=O) groups excluding carboxylic acids is 2. The molecule has 0 bridgehead atoms. The first-order valence-corrected chi connectivity index (χ1v) is 8.00. The van der Waals surface area contributed by atoms with Crippen LogP contribution in [-0.4, -0.2) is 45.2 Å². The minimum atomic E-state index is -0.634. The van der Waals surface area contributed by atoms with E-state index in [0.29, 0.717) is 18.0 Å². The molecule has 0 spiro atoms. The van der Waals surface area contributed by atoms with Gasteiger partial charge in [-0.15, -0.1) is 0 Å². The van der Waals surface area contributed by atoms with E-state index in [2.05, 4.69) is 19.2 Å². The summed E-state index contributed by atoms with van der Waals surface area (Å²) in [7, 11) is 2.85. The highest BCUT2D eigenvalue weighted by molar-refractivity contribution is 5.95. The molecule has 0 heterocycles. The van der Waals surface area contributed by atoms with Crippen LogP contribution in [0.15, 0.2) is 12.1 Å². The van der Waals surface area contributed by atoms with E-state index in [1.54, 1.807) is 0 Å². The Kier molecular flexibility index (Phi) is 8.00. The van der Waals surface area contributed by atoms with Gasteiger partial charge in [-0.2, -0.15) is 0 Å². The summed E-state index contributed by atoms with van der Waals surface area (Å²) in [6.45, 7) is 4.14. The van der Waals surface area contributed by atoms with Crippen molar-refractivity contribution in [1.82, 2.24) is 5.32 Å². The van der Waals surface area contributed by atoms with Crippen LogP contribution in [0.25, 0.3) is 0 Å². The molecule has 0 aliphatic rings. The van der Waals surface area contributed by atoms with Crippen LogP contribution in [0.2, 0.25) is 0 Å². The smallest absolute Gasteiger partial charge is 0.255 e. The molecule has 140 valence electrons. The number of primary amides is 1. The topological polar surface area (TPSA) is 126 Å². The molecule has 0 aromatic heterocycles. The van der Waals surface area contributed by atoms with Crippen molar-refractivity contribution in [3.8, 4) is 17.2 Å². The van der Waals surface area contributed by atoms with Gasteiger partial charge in [0.15, 0.2) is 18.1 Å². The standard InChI is InChI=1S/C17H27N3O5/c1-10(2)5-12(8-18)20-17(22)11-6-13(23-3)16(14(7-11)24-4)25-9-15(19)21/h6-7,10,12H,5,8-9,18H2,1-4H3,(H2,19,21)(H,20,22). The molecule has 0 saturated heterocycles. The molecule has 2 amide bonds. The number of methoxy groups -OCH3 is 2. The third-order valence-electron chi connectivity index (χ3n) is 3.46. The lowest BCUT2D eigenvalue weighted by Gasteiger charge is -2.20. The molecular formula is C17H27N3O5. The second-order valence-electron chi connectivity index (χ2n) is 6.00. The Bertz CT molecular complexity index is 579. The predicted octanol–water partition coefficient (Wildman–Crippen LogP) is 0.671. The van der Waals surface area contributed by atoms with E-state index >= 15 is 0 Å². The Morgan fingerprint density at radius 3 is 2.12 bits per heavy atom. The number of nitrogens with two attached hydrogens (primary N) is 2. The largest absolute Gasteiger partial charge is 0.493 e. The van der Waals surface area contributed by atoms with E-state index in [-0.39, 0.29) is 35.8 Å². The van der Waals surface area contributed by atoms with Gasteiger partial charge in [-0.1, -0.05) is 13.8 Å². The van der Waals surface area contributed by atoms with Gasteiger partial charge in [0.25, 0.3) is 11.8 Å². The molecule has 1 rings (SSSR count). The van der Waals surface area contributed by atoms with E-state index in [1.165, 1.54) is 26.4 Å². The molecule has 1 unspecified atom stereocenters. The molecule has 25 heavy (non-hydrogen) atoms. The summed E-state index contributed by atoms with van der Waals surface area (Å²) in [5, 5.41) is 2.90. The summed E-state index contributed by atoms with van der Waals surface area (Å²) in [6, 6.07) is 2.89. The molecule has 5 N–H and O–H groups in total. The van der Waals surface area contributed by atoms with Gasteiger partial charge in [-0.3, -0.25) is 9.59 Å². The molecule has 0 aliphatic carbocycles. The van der Waals surface area contributed by atoms with Gasteiger partial charge < -0.3 is 31.0 Å². The maximum absolute atomic E-state index is 12.5. The molecule has 0 saturated carbocycles. The van der Waals surface area contributed by atoms with Gasteiger partial charge in [-0.05, 0) is 24.5 Å². The van der Waals surface area contributed by atoms with Gasteiger partial charge in [0, 0.05) is 18.2 Å². The van der Waals surface area contributed by atoms with Crippen LogP contribution in [0.3, 0.4) is 0 Å². The predicted molar refractivity (Wildman–Crippen MR) is 94.0 cm³/mol. The number of carbonyl (C=O) groups is 2. The maximum Gasteiger partial charge on any atom is 0.255 e. The molecule has 1 aromatic rings. The van der Waals surface area contributed by atoms with Crippen LogP contribution in [0.1, 0.15) is 30.6 Å². The van der Waals surface area contributed by atoms with Gasteiger partial charge in [0.05, 0.1) is 14.2 Å². The number of nitrogens with one attached hydrogen (secondary N) is 1. The molecule has 1 atom stereocenters. The van der Waals surface area contributed by atoms with Crippen molar-refractivity contribution in [2.24, 2.45) is 17.4 Å². The van der Waals surface area contributed by atoms with Crippen molar-refractivity contribution in [3.63, 3.8) is 0 Å². The molecule has 8 nitrogen and oxygen atoms in total. The highest BCUT2D eigenvalue weighted by Crippen LogP contribution is 2.38. The van der Waals surface area contributed by atoms with Crippen LogP contribution < -0.4 is 31.0 Å². The number of hydrogen-bond acceptors (Lipinski definition) is 6. The maximum atomic E-state index is 12.5. The first-order valence-electron chi connectivity index (χ1n) is 8.00. The third-order valence-corrected chi connectivity index (χ3v) is 3.46. The first kappa shape index (κ1) is 20.6. The van der Waals surface area contributed by atoms with Crippen molar-refractivity contribution in [1.29, 1.82) is 0 Å². The van der Waals surface area contributed by atoms with Gasteiger partial charge in [0.2, 0.25) is 5.75 Å². The van der Waals surface area contributed by atoms with Crippen LogP contribution in [0.4, 0.5) is 0 Å². The van der Waals surface area contributed by atoms with Crippen molar-refractivity contribution in [2.75, 3.05) is 27.4 Å². The molecule has 0 radical (unpaired) electrons. The molecule has 1 aromatic carbocycles. The second-order valence-corrected chi connectivity index (χ2v) is 6.00. The fourth-order valence-corrected chi connectivity index (χ4v) is 2.35. The fraction of sp³-hybridized carbons (Fsp3) is 0.529. The van der Waals surface area contributed by atoms with Crippen molar-refractivity contribution < 1.29 is 23.8 Å². The van der Waals surface area contributed by atoms with Gasteiger partial charge in [0.1, 0.15) is 0 Å². The van der Waals surface area contributed by atoms with Crippen LogP contribution in [0, 0.1) is 5.92 Å². The number of hydrogen-bond donors (Lipinski definition) is 3. The van der Waals surface area contributed by atoms with Crippen LogP contribution >= 0.6 is 0 Å². The normalized spacial score (nSPS) is 11.8. The number of rotatable bonds is 10. The second kappa shape index (κ2) is 9.73. The Labute approximate surface area is 147 Å². The monoisotopic (exact) mass is 353 g/mol. The lowest BCUT2D eigenvalue weighted by atomic mass is 10.0. The van der Waals surface area contributed by atoms with Crippen LogP contribution in [-0.2, 0) is 4.79 Å². The Morgan fingerprint density at radius 1 is 1.16 bits per heavy atom. The van der Waals surface area contributed by atoms with E-state index < -0.39 is 5.91 Å². The summed E-state index contributed by atoms with van der Waals surface area (Å²) in [4.78, 5) is 23.4. The Hall–Kier alpha value is -2.48. The first-order chi connectivity index (χ1) is 11.8. The van der Waals surface area contributed by atoms with E-state index in [0.717, 1.165) is 6.42 Å². The van der Waals surface area contributed by atoms with Gasteiger partial charge in [-0.25, -0.2) is 0 Å². The van der Waals surface area contributed by atoms with Crippen molar-refractivity contribution >= 4 is 11.8 Å². The average molecular weight is 353 g/mol. The highest BCUT2D eigenvalue weighted by Gasteiger charge is 2.20. The number of amides is 2. The lowest BCUT2D eigenvalue weighted by molar-refractivity contribution is -0.120. The van der Waals surface area contributed by atoms with E-state index in [9.17, 15) is 9.59 Å². The summed E-state index contributed by atoms with van der Waals surface area (Å²) >= 11 is 0. The zero-order valence-electron chi connectivity index (χ0n) is 15.1. The lowest BCUT2D eigenvalue weighted by Crippen LogP contribution is -2.41. The minimum Gasteiger partial charge on any atom is -0.493 e. The molecule has 0 fully saturated rings. The Morgan fingerprint density at radius 2 is 1.72 bits per heavy atom. The van der Waals surface area contributed by atoms with Crippen molar-refractivity contribution in [3.05, 3.63) is 17.7 Å². The minimum absolute atomic E-state index is 0.129. The summed E-state index contributed by atoms with van der Waals surface area (Å²) in [6.07, 6.45) is 0.774. The fourth-order valence-electron chi connectivity index (χ4n) is 2.35. The highest BCUT2D eigenvalue weighted by atomic mass is 16.5. The molecular weight excluding hydrogens is 326 g/mol.